The van der Waals surface area contributed by atoms with Gasteiger partial charge in [-0.25, -0.2) is 0 Å². The summed E-state index contributed by atoms with van der Waals surface area (Å²) in [5.41, 5.74) is 5.40. The molecule has 0 aliphatic rings. The third-order valence-corrected chi connectivity index (χ3v) is 3.83. The highest BCUT2D eigenvalue weighted by molar-refractivity contribution is 5.31. The Bertz CT molecular complexity index is 531. The van der Waals surface area contributed by atoms with Gasteiger partial charge in [0.15, 0.2) is 0 Å². The van der Waals surface area contributed by atoms with E-state index in [0.29, 0.717) is 12.1 Å². The smallest absolute Gasteiger partial charge is 0.0297 e. The maximum atomic E-state index is 3.66. The van der Waals surface area contributed by atoms with Gasteiger partial charge in [0.1, 0.15) is 0 Å². The third kappa shape index (κ3) is 3.45. The monoisotopic (exact) mass is 253 g/mol. The Labute approximate surface area is 116 Å². The molecule has 0 heterocycles. The van der Waals surface area contributed by atoms with Crippen molar-refractivity contribution in [2.45, 2.75) is 39.8 Å². The van der Waals surface area contributed by atoms with Crippen molar-refractivity contribution in [1.29, 1.82) is 0 Å². The molecule has 0 saturated heterocycles. The summed E-state index contributed by atoms with van der Waals surface area (Å²) in [6.07, 6.45) is 0. The van der Waals surface area contributed by atoms with E-state index >= 15 is 0 Å². The molecule has 1 unspecified atom stereocenters. The van der Waals surface area contributed by atoms with Gasteiger partial charge in [0.25, 0.3) is 0 Å². The normalized spacial score (nSPS) is 14.1. The topological polar surface area (TPSA) is 12.0 Å². The zero-order valence-electron chi connectivity index (χ0n) is 12.3. The molecule has 0 fully saturated rings. The van der Waals surface area contributed by atoms with Crippen LogP contribution in [0, 0.1) is 13.8 Å². The molecule has 2 aromatic carbocycles. The maximum absolute atomic E-state index is 3.66. The van der Waals surface area contributed by atoms with E-state index in [-0.39, 0.29) is 0 Å². The highest BCUT2D eigenvalue weighted by Crippen LogP contribution is 2.21. The Morgan fingerprint density at radius 3 is 2.00 bits per heavy atom. The molecule has 1 N–H and O–H groups in total. The van der Waals surface area contributed by atoms with E-state index < -0.39 is 0 Å². The molecule has 19 heavy (non-hydrogen) atoms. The fourth-order valence-electron chi connectivity index (χ4n) is 2.34. The van der Waals surface area contributed by atoms with Crippen LogP contribution in [0.1, 0.15) is 48.2 Å². The molecular formula is C18H23N. The Morgan fingerprint density at radius 2 is 1.37 bits per heavy atom. The van der Waals surface area contributed by atoms with E-state index in [9.17, 15) is 0 Å². The number of aryl methyl sites for hydroxylation is 2. The summed E-state index contributed by atoms with van der Waals surface area (Å²) < 4.78 is 0. The lowest BCUT2D eigenvalue weighted by atomic mass is 10.0. The molecule has 2 atom stereocenters. The lowest BCUT2D eigenvalue weighted by Crippen LogP contribution is -2.22. The molecule has 0 bridgehead atoms. The van der Waals surface area contributed by atoms with Gasteiger partial charge in [-0.15, -0.1) is 0 Å². The Balaban J connectivity index is 2.08. The minimum absolute atomic E-state index is 0.356. The van der Waals surface area contributed by atoms with E-state index in [1.165, 1.54) is 22.3 Å². The average molecular weight is 253 g/mol. The van der Waals surface area contributed by atoms with Crippen molar-refractivity contribution in [3.05, 3.63) is 70.8 Å². The fourth-order valence-corrected chi connectivity index (χ4v) is 2.34. The second kappa shape index (κ2) is 6.03. The van der Waals surface area contributed by atoms with E-state index in [1.807, 2.05) is 0 Å². The lowest BCUT2D eigenvalue weighted by Gasteiger charge is -2.21. The summed E-state index contributed by atoms with van der Waals surface area (Å²) in [5.74, 6) is 0. The molecule has 0 saturated carbocycles. The summed E-state index contributed by atoms with van der Waals surface area (Å²) in [7, 11) is 0. The van der Waals surface area contributed by atoms with E-state index in [2.05, 4.69) is 81.5 Å². The number of rotatable bonds is 4. The average Bonchev–Trinajstić information content (AvgIpc) is 2.42. The molecule has 100 valence electrons. The predicted molar refractivity (Wildman–Crippen MR) is 82.3 cm³/mol. The summed E-state index contributed by atoms with van der Waals surface area (Å²) in [5, 5.41) is 3.66. The first-order valence-corrected chi connectivity index (χ1v) is 6.96. The largest absolute Gasteiger partial charge is 0.304 e. The molecule has 0 spiro atoms. The van der Waals surface area contributed by atoms with Crippen LogP contribution in [0.3, 0.4) is 0 Å². The first-order valence-electron chi connectivity index (χ1n) is 6.96. The molecule has 2 rings (SSSR count). The lowest BCUT2D eigenvalue weighted by molar-refractivity contribution is 0.494. The third-order valence-electron chi connectivity index (χ3n) is 3.83. The van der Waals surface area contributed by atoms with Crippen LogP contribution in [0.15, 0.2) is 48.5 Å². The Morgan fingerprint density at radius 1 is 0.737 bits per heavy atom. The Kier molecular flexibility index (Phi) is 4.39. The maximum Gasteiger partial charge on any atom is 0.0297 e. The van der Waals surface area contributed by atoms with Crippen LogP contribution in [-0.2, 0) is 0 Å². The van der Waals surface area contributed by atoms with Gasteiger partial charge in [-0.2, -0.15) is 0 Å². The standard InChI is InChI=1S/C18H23N/c1-13-10-11-18(12-14(13)2)16(4)19-15(3)17-8-6-5-7-9-17/h5-12,15-16,19H,1-4H3/t15-,16?/m1/s1. The van der Waals surface area contributed by atoms with Gasteiger partial charge in [0.05, 0.1) is 0 Å². The first-order chi connectivity index (χ1) is 9.08. The van der Waals surface area contributed by atoms with E-state index in [1.54, 1.807) is 0 Å². The van der Waals surface area contributed by atoms with E-state index in [0.717, 1.165) is 0 Å². The van der Waals surface area contributed by atoms with Crippen molar-refractivity contribution < 1.29 is 0 Å². The highest BCUT2D eigenvalue weighted by atomic mass is 14.9. The van der Waals surface area contributed by atoms with Crippen molar-refractivity contribution in [3.63, 3.8) is 0 Å². The molecule has 2 aromatic rings. The zero-order chi connectivity index (χ0) is 13.8. The van der Waals surface area contributed by atoms with Crippen molar-refractivity contribution in [1.82, 2.24) is 5.32 Å². The van der Waals surface area contributed by atoms with Gasteiger partial charge < -0.3 is 5.32 Å². The quantitative estimate of drug-likeness (QED) is 0.831. The minimum atomic E-state index is 0.356. The molecule has 0 aromatic heterocycles. The molecule has 0 radical (unpaired) electrons. The predicted octanol–water partition coefficient (Wildman–Crippen LogP) is 4.72. The summed E-state index contributed by atoms with van der Waals surface area (Å²) >= 11 is 0. The molecule has 1 heteroatoms. The molecule has 0 aliphatic carbocycles. The van der Waals surface area contributed by atoms with Gasteiger partial charge in [0, 0.05) is 12.1 Å². The fraction of sp³-hybridized carbons (Fsp3) is 0.333. The van der Waals surface area contributed by atoms with Crippen LogP contribution in [0.5, 0.6) is 0 Å². The highest BCUT2D eigenvalue weighted by Gasteiger charge is 2.11. The van der Waals surface area contributed by atoms with Crippen molar-refractivity contribution in [3.8, 4) is 0 Å². The van der Waals surface area contributed by atoms with Crippen LogP contribution < -0.4 is 5.32 Å². The summed E-state index contributed by atoms with van der Waals surface area (Å²) in [6, 6.07) is 18.0. The Hall–Kier alpha value is -1.60. The van der Waals surface area contributed by atoms with Crippen LogP contribution in [0.25, 0.3) is 0 Å². The van der Waals surface area contributed by atoms with Crippen LogP contribution in [0.2, 0.25) is 0 Å². The van der Waals surface area contributed by atoms with Gasteiger partial charge in [-0.05, 0) is 49.9 Å². The SMILES string of the molecule is Cc1ccc(C(C)N[C@H](C)c2ccccc2)cc1C. The van der Waals surface area contributed by atoms with Crippen LogP contribution >= 0.6 is 0 Å². The number of nitrogens with one attached hydrogen (secondary N) is 1. The van der Waals surface area contributed by atoms with Crippen LogP contribution in [-0.4, -0.2) is 0 Å². The van der Waals surface area contributed by atoms with Gasteiger partial charge in [0.2, 0.25) is 0 Å². The molecule has 0 aliphatic heterocycles. The van der Waals surface area contributed by atoms with Gasteiger partial charge in [-0.1, -0.05) is 48.5 Å². The molecular weight excluding hydrogens is 230 g/mol. The van der Waals surface area contributed by atoms with Crippen molar-refractivity contribution in [2.75, 3.05) is 0 Å². The minimum Gasteiger partial charge on any atom is -0.304 e. The zero-order valence-corrected chi connectivity index (χ0v) is 12.3. The second-order valence-corrected chi connectivity index (χ2v) is 5.36. The van der Waals surface area contributed by atoms with Crippen molar-refractivity contribution in [2.24, 2.45) is 0 Å². The van der Waals surface area contributed by atoms with E-state index in [4.69, 9.17) is 0 Å². The second-order valence-electron chi connectivity index (χ2n) is 5.36. The summed E-state index contributed by atoms with van der Waals surface area (Å²) in [6.45, 7) is 8.77. The summed E-state index contributed by atoms with van der Waals surface area (Å²) in [4.78, 5) is 0. The van der Waals surface area contributed by atoms with Gasteiger partial charge in [-0.3, -0.25) is 0 Å². The molecule has 0 amide bonds. The first kappa shape index (κ1) is 13.8. The number of hydrogen-bond donors (Lipinski definition) is 1. The molecule has 1 nitrogen and oxygen atoms in total. The number of benzene rings is 2. The van der Waals surface area contributed by atoms with Gasteiger partial charge >= 0.3 is 0 Å². The van der Waals surface area contributed by atoms with Crippen molar-refractivity contribution >= 4 is 0 Å². The van der Waals surface area contributed by atoms with Crippen LogP contribution in [0.4, 0.5) is 0 Å². The number of hydrogen-bond acceptors (Lipinski definition) is 1.